The Morgan fingerprint density at radius 3 is 2.35 bits per heavy atom. The molecule has 0 amide bonds. The van der Waals surface area contributed by atoms with Gasteiger partial charge in [-0.25, -0.2) is 0 Å². The van der Waals surface area contributed by atoms with Crippen molar-refractivity contribution in [2.75, 3.05) is 32.9 Å². The molecule has 0 bridgehead atoms. The Morgan fingerprint density at radius 1 is 1.02 bits per heavy atom. The lowest BCUT2D eigenvalue weighted by atomic mass is 9.41. The first-order chi connectivity index (χ1) is 22.9. The zero-order valence-corrected chi connectivity index (χ0v) is 31.3. The van der Waals surface area contributed by atoms with Gasteiger partial charge in [-0.05, 0) is 111 Å². The van der Waals surface area contributed by atoms with Crippen molar-refractivity contribution in [1.82, 2.24) is 4.90 Å². The van der Waals surface area contributed by atoms with Crippen LogP contribution in [0.15, 0.2) is 0 Å². The lowest BCUT2D eigenvalue weighted by Gasteiger charge is -2.64. The number of rotatable bonds is 8. The summed E-state index contributed by atoms with van der Waals surface area (Å²) in [6.07, 6.45) is 5.93. The molecule has 49 heavy (non-hydrogen) atoms. The fourth-order valence-corrected chi connectivity index (χ4v) is 14.1. The summed E-state index contributed by atoms with van der Waals surface area (Å²) in [7, 11) is 0. The molecule has 10 nitrogen and oxygen atoms in total. The summed E-state index contributed by atoms with van der Waals surface area (Å²) in [5.41, 5.74) is -1.23. The third-order valence-electron chi connectivity index (χ3n) is 16.4. The monoisotopic (exact) mass is 691 g/mol. The number of morpholine rings is 1. The zero-order chi connectivity index (χ0) is 35.5. The summed E-state index contributed by atoms with van der Waals surface area (Å²) in [6, 6.07) is -0.288. The third-order valence-corrected chi connectivity index (χ3v) is 16.4. The van der Waals surface area contributed by atoms with E-state index in [0.717, 1.165) is 32.1 Å². The van der Waals surface area contributed by atoms with Crippen LogP contribution in [0.1, 0.15) is 107 Å². The highest BCUT2D eigenvalue weighted by molar-refractivity contribution is 5.66. The summed E-state index contributed by atoms with van der Waals surface area (Å²) in [5, 5.41) is 43.1. The standard InChI is InChI=1S/C39H65NO9/c1-22-17-25(33(35(5,6)45)47-23(2)43)48-31-30(22)36(7)13-14-39-21-38(39)12-11-28(49-29-18-40(15-16-46-29)24(19-41)20-42)34(3,4)26(38)9-10-27(39)37(36,8)32(31)44/h22,24-33,41-42,44-45H,9-21H2,1-8H3/t22-,25-,26+,27+,28+,29?,30?,31+,32+,33+,36-,37-,38-,39+/m1/s1. The fourth-order valence-electron chi connectivity index (χ4n) is 14.1. The average Bonchev–Trinajstić information content (AvgIpc) is 3.66. The van der Waals surface area contributed by atoms with E-state index < -0.39 is 29.9 Å². The van der Waals surface area contributed by atoms with Crippen molar-refractivity contribution in [3.05, 3.63) is 0 Å². The van der Waals surface area contributed by atoms with Crippen molar-refractivity contribution in [3.63, 3.8) is 0 Å². The summed E-state index contributed by atoms with van der Waals surface area (Å²) >= 11 is 0. The Kier molecular flexibility index (Phi) is 9.00. The Hall–Kier alpha value is -0.850. The molecule has 0 aromatic carbocycles. The van der Waals surface area contributed by atoms with Crippen molar-refractivity contribution in [1.29, 1.82) is 0 Å². The van der Waals surface area contributed by atoms with E-state index in [0.29, 0.717) is 38.0 Å². The number of aliphatic hydroxyl groups excluding tert-OH is 3. The molecule has 7 rings (SSSR count). The Labute approximate surface area is 293 Å². The number of hydrogen-bond donors (Lipinski definition) is 4. The molecule has 14 atom stereocenters. The summed E-state index contributed by atoms with van der Waals surface area (Å²) in [4.78, 5) is 14.2. The molecule has 2 unspecified atom stereocenters. The first kappa shape index (κ1) is 36.5. The van der Waals surface area contributed by atoms with Crippen LogP contribution in [0.2, 0.25) is 0 Å². The molecule has 7 fully saturated rings. The molecule has 2 aliphatic heterocycles. The summed E-state index contributed by atoms with van der Waals surface area (Å²) in [6.45, 7) is 18.2. The molecule has 7 aliphatic rings. The van der Waals surface area contributed by atoms with Crippen LogP contribution >= 0.6 is 0 Å². The van der Waals surface area contributed by atoms with E-state index in [9.17, 15) is 25.2 Å². The van der Waals surface area contributed by atoms with Crippen LogP contribution in [-0.4, -0.2) is 113 Å². The molecule has 10 heteroatoms. The minimum absolute atomic E-state index is 0.0384. The Balaban J connectivity index is 1.11. The molecule has 280 valence electrons. The van der Waals surface area contributed by atoms with E-state index in [1.54, 1.807) is 13.8 Å². The van der Waals surface area contributed by atoms with Crippen LogP contribution in [0, 0.1) is 50.7 Å². The summed E-state index contributed by atoms with van der Waals surface area (Å²) in [5.74, 6) is 0.942. The van der Waals surface area contributed by atoms with E-state index in [1.165, 1.54) is 19.8 Å². The normalized spacial score (nSPS) is 49.6. The van der Waals surface area contributed by atoms with Crippen LogP contribution in [0.5, 0.6) is 0 Å². The maximum Gasteiger partial charge on any atom is 0.303 e. The van der Waals surface area contributed by atoms with Gasteiger partial charge in [0.15, 0.2) is 12.4 Å². The number of esters is 1. The van der Waals surface area contributed by atoms with E-state index in [2.05, 4.69) is 39.5 Å². The molecule has 4 N–H and O–H groups in total. The van der Waals surface area contributed by atoms with Gasteiger partial charge in [0.25, 0.3) is 0 Å². The van der Waals surface area contributed by atoms with Crippen LogP contribution in [0.4, 0.5) is 0 Å². The smallest absolute Gasteiger partial charge is 0.303 e. The van der Waals surface area contributed by atoms with E-state index in [4.69, 9.17) is 18.9 Å². The fraction of sp³-hybridized carbons (Fsp3) is 0.974. The maximum atomic E-state index is 12.6. The number of hydrogen-bond acceptors (Lipinski definition) is 10. The highest BCUT2D eigenvalue weighted by atomic mass is 16.7. The molecule has 0 aromatic heterocycles. The van der Waals surface area contributed by atoms with Gasteiger partial charge >= 0.3 is 5.97 Å². The van der Waals surface area contributed by atoms with Crippen molar-refractivity contribution in [3.8, 4) is 0 Å². The average molecular weight is 692 g/mol. The third kappa shape index (κ3) is 5.11. The minimum Gasteiger partial charge on any atom is -0.457 e. The number of ether oxygens (including phenoxy) is 4. The van der Waals surface area contributed by atoms with Gasteiger partial charge in [0.1, 0.15) is 0 Å². The van der Waals surface area contributed by atoms with Crippen LogP contribution in [0.25, 0.3) is 0 Å². The van der Waals surface area contributed by atoms with Crippen LogP contribution < -0.4 is 0 Å². The Bertz CT molecular complexity index is 1270. The van der Waals surface area contributed by atoms with Crippen molar-refractivity contribution >= 4 is 5.97 Å². The van der Waals surface area contributed by atoms with Gasteiger partial charge in [0.2, 0.25) is 0 Å². The molecular weight excluding hydrogens is 626 g/mol. The number of aliphatic hydroxyl groups is 4. The van der Waals surface area contributed by atoms with Crippen molar-refractivity contribution in [2.45, 2.75) is 155 Å². The van der Waals surface area contributed by atoms with Crippen molar-refractivity contribution < 1.29 is 44.2 Å². The molecule has 2 spiro atoms. The molecule has 5 saturated carbocycles. The van der Waals surface area contributed by atoms with Gasteiger partial charge in [-0.3, -0.25) is 9.69 Å². The van der Waals surface area contributed by atoms with Gasteiger partial charge < -0.3 is 39.4 Å². The van der Waals surface area contributed by atoms with Gasteiger partial charge in [-0.15, -0.1) is 0 Å². The SMILES string of the molecule is CC(=O)O[C@@H]([C@H]1C[C@@H](C)C2[C@H](O1)[C@H](O)[C@@]1(C)[C@@H]3CC[C@H]4C(C)(C)[C@@H](OC5CN(C(CO)CO)CCO5)CC[C@@]45C[C@@]35CC[C@]21C)C(C)(C)O. The predicted molar refractivity (Wildman–Crippen MR) is 182 cm³/mol. The highest BCUT2D eigenvalue weighted by Gasteiger charge is 2.84. The van der Waals surface area contributed by atoms with E-state index >= 15 is 0 Å². The Morgan fingerprint density at radius 2 is 1.69 bits per heavy atom. The first-order valence-electron chi connectivity index (χ1n) is 19.4. The number of nitrogens with zero attached hydrogens (tertiary/aromatic N) is 1. The van der Waals surface area contributed by atoms with E-state index in [-0.39, 0.29) is 76.7 Å². The molecule has 2 saturated heterocycles. The highest BCUT2D eigenvalue weighted by Crippen LogP contribution is 2.89. The second kappa shape index (κ2) is 12.1. The van der Waals surface area contributed by atoms with Crippen LogP contribution in [0.3, 0.4) is 0 Å². The quantitative estimate of drug-likeness (QED) is 0.278. The molecular formula is C39H65NO9. The zero-order valence-electron chi connectivity index (χ0n) is 31.3. The minimum atomic E-state index is -1.27. The van der Waals surface area contributed by atoms with Crippen molar-refractivity contribution in [2.24, 2.45) is 50.7 Å². The molecule has 0 radical (unpaired) electrons. The second-order valence-corrected chi connectivity index (χ2v) is 19.2. The topological polar surface area (TPSA) is 138 Å². The summed E-state index contributed by atoms with van der Waals surface area (Å²) < 4.78 is 25.4. The van der Waals surface area contributed by atoms with Crippen LogP contribution in [-0.2, 0) is 23.7 Å². The number of fused-ring (bicyclic) bond motifs is 4. The maximum absolute atomic E-state index is 12.6. The first-order valence-corrected chi connectivity index (χ1v) is 19.4. The molecule has 5 aliphatic carbocycles. The van der Waals surface area contributed by atoms with Gasteiger partial charge in [-0.2, -0.15) is 0 Å². The van der Waals surface area contributed by atoms with E-state index in [1.807, 2.05) is 0 Å². The molecule has 2 heterocycles. The lowest BCUT2D eigenvalue weighted by Crippen LogP contribution is -2.60. The van der Waals surface area contributed by atoms with Gasteiger partial charge in [0.05, 0.1) is 62.4 Å². The number of carbonyl (C=O) groups excluding carboxylic acids is 1. The number of carbonyl (C=O) groups is 1. The van der Waals surface area contributed by atoms with Gasteiger partial charge in [0, 0.05) is 18.9 Å². The largest absolute Gasteiger partial charge is 0.457 e. The molecule has 0 aromatic rings. The second-order valence-electron chi connectivity index (χ2n) is 19.2. The lowest BCUT2D eigenvalue weighted by molar-refractivity contribution is -0.252. The van der Waals surface area contributed by atoms with Gasteiger partial charge in [-0.1, -0.05) is 34.6 Å². The predicted octanol–water partition coefficient (Wildman–Crippen LogP) is 3.90.